The first-order chi connectivity index (χ1) is 7.30. The van der Waals surface area contributed by atoms with Gasteiger partial charge in [-0.05, 0) is 24.0 Å². The van der Waals surface area contributed by atoms with Crippen LogP contribution in [-0.2, 0) is 16.8 Å². The molecule has 1 fully saturated rings. The number of hydrogen-bond acceptors (Lipinski definition) is 2. The van der Waals surface area contributed by atoms with Crippen molar-refractivity contribution in [3.05, 3.63) is 35.4 Å². The smallest absolute Gasteiger partial charge is 0.235 e. The van der Waals surface area contributed by atoms with Crippen molar-refractivity contribution in [1.29, 1.82) is 0 Å². The molecular formula is C12H12FNO. The first kappa shape index (κ1) is 10.1. The number of rotatable bonds is 4. The van der Waals surface area contributed by atoms with Gasteiger partial charge in [0.1, 0.15) is 0 Å². The molecule has 0 bridgehead atoms. The van der Waals surface area contributed by atoms with E-state index >= 15 is 0 Å². The van der Waals surface area contributed by atoms with Crippen molar-refractivity contribution in [2.24, 2.45) is 4.99 Å². The summed E-state index contributed by atoms with van der Waals surface area (Å²) in [6.45, 7) is -0.336. The number of alkyl halides is 1. The van der Waals surface area contributed by atoms with E-state index in [0.29, 0.717) is 6.42 Å². The second kappa shape index (κ2) is 3.95. The third-order valence-electron chi connectivity index (χ3n) is 2.86. The maximum Gasteiger partial charge on any atom is 0.235 e. The first-order valence-electron chi connectivity index (χ1n) is 5.05. The molecule has 0 atom stereocenters. The van der Waals surface area contributed by atoms with Gasteiger partial charge in [-0.2, -0.15) is 4.99 Å². The van der Waals surface area contributed by atoms with Gasteiger partial charge < -0.3 is 0 Å². The van der Waals surface area contributed by atoms with Gasteiger partial charge >= 0.3 is 0 Å². The fraction of sp³-hybridized carbons (Fsp3) is 0.417. The normalized spacial score (nSPS) is 16.9. The Morgan fingerprint density at radius 3 is 2.47 bits per heavy atom. The van der Waals surface area contributed by atoms with Crippen LogP contribution >= 0.6 is 0 Å². The molecule has 78 valence electrons. The van der Waals surface area contributed by atoms with E-state index in [4.69, 9.17) is 0 Å². The Kier molecular flexibility index (Phi) is 2.65. The Balaban J connectivity index is 2.20. The van der Waals surface area contributed by atoms with Crippen LogP contribution in [0.4, 0.5) is 4.39 Å². The van der Waals surface area contributed by atoms with E-state index < -0.39 is 0 Å². The predicted molar refractivity (Wildman–Crippen MR) is 55.2 cm³/mol. The molecule has 15 heavy (non-hydrogen) atoms. The van der Waals surface area contributed by atoms with E-state index in [1.165, 1.54) is 0 Å². The van der Waals surface area contributed by atoms with Crippen LogP contribution in [0.5, 0.6) is 0 Å². The summed E-state index contributed by atoms with van der Waals surface area (Å²) in [5.74, 6) is 0. The number of nitrogens with zero attached hydrogens (tertiary/aromatic N) is 1. The maximum absolute atomic E-state index is 12.1. The minimum atomic E-state index is -0.336. The molecule has 1 aliphatic carbocycles. The molecule has 0 heterocycles. The molecule has 1 aliphatic rings. The highest BCUT2D eigenvalue weighted by molar-refractivity contribution is 5.41. The Labute approximate surface area is 87.8 Å². The van der Waals surface area contributed by atoms with Crippen LogP contribution in [0.2, 0.25) is 0 Å². The van der Waals surface area contributed by atoms with Crippen LogP contribution in [0.15, 0.2) is 29.3 Å². The molecule has 1 aromatic carbocycles. The lowest BCUT2D eigenvalue weighted by molar-refractivity contribution is 0.495. The first-order valence-corrected chi connectivity index (χ1v) is 5.05. The molecule has 1 aromatic rings. The number of isocyanates is 1. The summed E-state index contributed by atoms with van der Waals surface area (Å²) in [7, 11) is 0. The average Bonchev–Trinajstić information content (AvgIpc) is 3.01. The zero-order valence-electron chi connectivity index (χ0n) is 8.37. The molecule has 3 heteroatoms. The van der Waals surface area contributed by atoms with Crippen LogP contribution in [0.1, 0.15) is 24.0 Å². The van der Waals surface area contributed by atoms with Gasteiger partial charge in [-0.1, -0.05) is 24.3 Å². The van der Waals surface area contributed by atoms with Gasteiger partial charge in [-0.25, -0.2) is 4.79 Å². The SMILES string of the molecule is O=C=NC1(c2ccc(CCF)cc2)CC1. The topological polar surface area (TPSA) is 29.4 Å². The number of aryl methyl sites for hydroxylation is 1. The van der Waals surface area contributed by atoms with Crippen LogP contribution in [0.3, 0.4) is 0 Å². The van der Waals surface area contributed by atoms with Gasteiger partial charge in [0.2, 0.25) is 6.08 Å². The predicted octanol–water partition coefficient (Wildman–Crippen LogP) is 2.52. The van der Waals surface area contributed by atoms with Gasteiger partial charge in [0.15, 0.2) is 0 Å². The zero-order valence-corrected chi connectivity index (χ0v) is 8.37. The summed E-state index contributed by atoms with van der Waals surface area (Å²) in [6, 6.07) is 7.66. The Morgan fingerprint density at radius 1 is 1.33 bits per heavy atom. The monoisotopic (exact) mass is 205 g/mol. The minimum absolute atomic E-state index is 0.310. The van der Waals surface area contributed by atoms with E-state index in [2.05, 4.69) is 4.99 Å². The molecule has 0 aromatic heterocycles. The van der Waals surface area contributed by atoms with E-state index in [9.17, 15) is 9.18 Å². The van der Waals surface area contributed by atoms with Crippen molar-refractivity contribution in [2.75, 3.05) is 6.67 Å². The van der Waals surface area contributed by atoms with Crippen LogP contribution in [0, 0.1) is 0 Å². The lowest BCUT2D eigenvalue weighted by Crippen LogP contribution is -2.02. The molecule has 0 spiro atoms. The Bertz CT molecular complexity index is 389. The van der Waals surface area contributed by atoms with Gasteiger partial charge in [0.05, 0.1) is 12.2 Å². The van der Waals surface area contributed by atoms with Crippen LogP contribution in [0.25, 0.3) is 0 Å². The van der Waals surface area contributed by atoms with Crippen molar-refractivity contribution in [1.82, 2.24) is 0 Å². The molecular weight excluding hydrogens is 193 g/mol. The standard InChI is InChI=1S/C12H12FNO/c13-8-5-10-1-3-11(4-2-10)12(6-7-12)14-9-15/h1-4H,5-8H2. The molecule has 1 saturated carbocycles. The Morgan fingerprint density at radius 2 is 2.00 bits per heavy atom. The lowest BCUT2D eigenvalue weighted by Gasteiger charge is -2.08. The number of hydrogen-bond donors (Lipinski definition) is 0. The summed E-state index contributed by atoms with van der Waals surface area (Å²) in [5.41, 5.74) is 1.70. The van der Waals surface area contributed by atoms with E-state index in [0.717, 1.165) is 24.0 Å². The summed E-state index contributed by atoms with van der Waals surface area (Å²) >= 11 is 0. The van der Waals surface area contributed by atoms with Crippen molar-refractivity contribution in [3.63, 3.8) is 0 Å². The highest BCUT2D eigenvalue weighted by atomic mass is 19.1. The molecule has 0 aliphatic heterocycles. The fourth-order valence-corrected chi connectivity index (χ4v) is 1.76. The second-order valence-corrected chi connectivity index (χ2v) is 3.87. The van der Waals surface area contributed by atoms with E-state index in [1.54, 1.807) is 6.08 Å². The van der Waals surface area contributed by atoms with Gasteiger partial charge in [0.25, 0.3) is 0 Å². The number of benzene rings is 1. The highest BCUT2D eigenvalue weighted by Crippen LogP contribution is 2.49. The summed E-state index contributed by atoms with van der Waals surface area (Å²) < 4.78 is 12.1. The lowest BCUT2D eigenvalue weighted by atomic mass is 10.0. The minimum Gasteiger partial charge on any atom is -0.251 e. The molecule has 0 saturated heterocycles. The molecule has 0 amide bonds. The zero-order chi connectivity index (χ0) is 10.7. The average molecular weight is 205 g/mol. The Hall–Kier alpha value is -1.47. The summed E-state index contributed by atoms with van der Waals surface area (Å²) in [4.78, 5) is 14.1. The number of carbonyl (C=O) groups excluding carboxylic acids is 1. The summed E-state index contributed by atoms with van der Waals surface area (Å²) in [6.07, 6.45) is 3.89. The van der Waals surface area contributed by atoms with Gasteiger partial charge in [-0.15, -0.1) is 0 Å². The maximum atomic E-state index is 12.1. The van der Waals surface area contributed by atoms with Crippen molar-refractivity contribution < 1.29 is 9.18 Å². The second-order valence-electron chi connectivity index (χ2n) is 3.87. The number of aliphatic imine (C=N–C) groups is 1. The largest absolute Gasteiger partial charge is 0.251 e. The van der Waals surface area contributed by atoms with Gasteiger partial charge in [-0.3, -0.25) is 4.39 Å². The number of halogens is 1. The molecule has 0 unspecified atom stereocenters. The van der Waals surface area contributed by atoms with Gasteiger partial charge in [0, 0.05) is 6.42 Å². The van der Waals surface area contributed by atoms with E-state index in [1.807, 2.05) is 24.3 Å². The quantitative estimate of drug-likeness (QED) is 0.548. The molecule has 0 radical (unpaired) electrons. The van der Waals surface area contributed by atoms with Crippen molar-refractivity contribution >= 4 is 6.08 Å². The summed E-state index contributed by atoms with van der Waals surface area (Å²) in [5, 5.41) is 0. The van der Waals surface area contributed by atoms with Crippen LogP contribution < -0.4 is 0 Å². The fourth-order valence-electron chi connectivity index (χ4n) is 1.76. The van der Waals surface area contributed by atoms with Crippen molar-refractivity contribution in [3.8, 4) is 0 Å². The van der Waals surface area contributed by atoms with Crippen molar-refractivity contribution in [2.45, 2.75) is 24.8 Å². The molecule has 2 rings (SSSR count). The van der Waals surface area contributed by atoms with Crippen LogP contribution in [-0.4, -0.2) is 12.8 Å². The highest BCUT2D eigenvalue weighted by Gasteiger charge is 2.44. The molecule has 2 nitrogen and oxygen atoms in total. The third kappa shape index (κ3) is 1.97. The third-order valence-corrected chi connectivity index (χ3v) is 2.86. The van der Waals surface area contributed by atoms with E-state index in [-0.39, 0.29) is 12.2 Å². The molecule has 0 N–H and O–H groups in total.